The van der Waals surface area contributed by atoms with Crippen LogP contribution in [-0.4, -0.2) is 25.3 Å². The second-order valence-electron chi connectivity index (χ2n) is 3.39. The summed E-state index contributed by atoms with van der Waals surface area (Å²) in [6.07, 6.45) is -0.821. The Hall–Kier alpha value is -1.59. The molecule has 0 aromatic heterocycles. The van der Waals surface area contributed by atoms with Crippen LogP contribution in [0.25, 0.3) is 0 Å². The van der Waals surface area contributed by atoms with E-state index in [1.165, 1.54) is 0 Å². The van der Waals surface area contributed by atoms with Crippen molar-refractivity contribution in [3.63, 3.8) is 0 Å². The van der Waals surface area contributed by atoms with Crippen LogP contribution in [0.15, 0.2) is 30.3 Å². The van der Waals surface area contributed by atoms with Gasteiger partial charge in [0.15, 0.2) is 0 Å². The van der Waals surface area contributed by atoms with Gasteiger partial charge in [-0.2, -0.15) is 0 Å². The van der Waals surface area contributed by atoms with Crippen molar-refractivity contribution in [2.24, 2.45) is 11.5 Å². The lowest BCUT2D eigenvalue weighted by Gasteiger charge is -2.11. The largest absolute Gasteiger partial charge is 0.448 e. The lowest BCUT2D eigenvalue weighted by molar-refractivity contribution is 0.0811. The zero-order valence-corrected chi connectivity index (χ0v) is 8.96. The number of benzene rings is 1. The first-order chi connectivity index (χ1) is 7.68. The van der Waals surface area contributed by atoms with Crippen LogP contribution >= 0.6 is 0 Å². The number of hydrogen-bond donors (Lipinski definition) is 2. The molecule has 0 radical (unpaired) electrons. The van der Waals surface area contributed by atoms with Crippen molar-refractivity contribution in [3.8, 4) is 0 Å². The normalized spacial score (nSPS) is 12.1. The molecule has 1 rings (SSSR count). The Labute approximate surface area is 94.3 Å². The van der Waals surface area contributed by atoms with Crippen molar-refractivity contribution in [2.75, 3.05) is 13.2 Å². The molecule has 0 aliphatic carbocycles. The third-order valence-corrected chi connectivity index (χ3v) is 1.88. The van der Waals surface area contributed by atoms with Gasteiger partial charge in [-0.05, 0) is 5.56 Å². The van der Waals surface area contributed by atoms with Gasteiger partial charge in [0.05, 0.1) is 19.3 Å². The Morgan fingerprint density at radius 2 is 1.94 bits per heavy atom. The molecule has 5 heteroatoms. The van der Waals surface area contributed by atoms with Crippen LogP contribution < -0.4 is 11.5 Å². The summed E-state index contributed by atoms with van der Waals surface area (Å²) in [5.41, 5.74) is 11.5. The van der Waals surface area contributed by atoms with Crippen LogP contribution in [0.4, 0.5) is 4.79 Å². The minimum Gasteiger partial charge on any atom is -0.448 e. The first-order valence-corrected chi connectivity index (χ1v) is 4.98. The van der Waals surface area contributed by atoms with E-state index in [0.717, 1.165) is 5.56 Å². The predicted octanol–water partition coefficient (Wildman–Crippen LogP) is 0.626. The van der Waals surface area contributed by atoms with Crippen LogP contribution in [0.3, 0.4) is 0 Å². The van der Waals surface area contributed by atoms with Crippen molar-refractivity contribution >= 4 is 6.09 Å². The Balaban J connectivity index is 2.13. The highest BCUT2D eigenvalue weighted by molar-refractivity contribution is 5.64. The highest BCUT2D eigenvalue weighted by Gasteiger charge is 2.05. The van der Waals surface area contributed by atoms with E-state index < -0.39 is 6.09 Å². The van der Waals surface area contributed by atoms with Crippen LogP contribution in [0.1, 0.15) is 5.56 Å². The van der Waals surface area contributed by atoms with E-state index >= 15 is 0 Å². The predicted molar refractivity (Wildman–Crippen MR) is 59.6 cm³/mol. The smallest absolute Gasteiger partial charge is 0.404 e. The maximum atomic E-state index is 10.3. The van der Waals surface area contributed by atoms with Crippen LogP contribution in [0.2, 0.25) is 0 Å². The third kappa shape index (κ3) is 5.33. The number of amides is 1. The molecule has 0 fully saturated rings. The average molecular weight is 224 g/mol. The van der Waals surface area contributed by atoms with E-state index in [9.17, 15) is 4.79 Å². The lowest BCUT2D eigenvalue weighted by atomic mass is 10.2. The molecule has 1 aromatic rings. The summed E-state index contributed by atoms with van der Waals surface area (Å²) in [6, 6.07) is 9.40. The molecule has 4 N–H and O–H groups in total. The highest BCUT2D eigenvalue weighted by atomic mass is 16.5. The zero-order chi connectivity index (χ0) is 11.8. The van der Waals surface area contributed by atoms with Gasteiger partial charge in [0.1, 0.15) is 6.61 Å². The molecule has 0 aliphatic heterocycles. The summed E-state index contributed by atoms with van der Waals surface area (Å²) in [5.74, 6) is 0. The third-order valence-electron chi connectivity index (χ3n) is 1.88. The molecule has 0 saturated heterocycles. The minimum atomic E-state index is -0.821. The van der Waals surface area contributed by atoms with Crippen molar-refractivity contribution < 1.29 is 14.3 Å². The van der Waals surface area contributed by atoms with Crippen LogP contribution in [-0.2, 0) is 16.1 Å². The molecular weight excluding hydrogens is 208 g/mol. The second kappa shape index (κ2) is 6.81. The molecule has 0 aliphatic rings. The number of carbonyl (C=O) groups is 1. The number of ether oxygens (including phenoxy) is 2. The first-order valence-electron chi connectivity index (χ1n) is 4.98. The van der Waals surface area contributed by atoms with E-state index in [1.807, 2.05) is 30.3 Å². The monoisotopic (exact) mass is 224 g/mol. The average Bonchev–Trinajstić information content (AvgIpc) is 2.28. The van der Waals surface area contributed by atoms with Gasteiger partial charge in [0.2, 0.25) is 0 Å². The molecule has 1 aromatic carbocycles. The molecule has 88 valence electrons. The SMILES string of the molecule is NC(=O)OC[C@H](N)COCc1ccccc1. The fourth-order valence-corrected chi connectivity index (χ4v) is 1.14. The molecule has 0 heterocycles. The summed E-state index contributed by atoms with van der Waals surface area (Å²) in [5, 5.41) is 0. The molecule has 5 nitrogen and oxygen atoms in total. The van der Waals surface area contributed by atoms with Gasteiger partial charge in [-0.15, -0.1) is 0 Å². The van der Waals surface area contributed by atoms with Gasteiger partial charge in [-0.1, -0.05) is 30.3 Å². The molecule has 0 bridgehead atoms. The minimum absolute atomic E-state index is 0.0735. The summed E-state index contributed by atoms with van der Waals surface area (Å²) in [6.45, 7) is 0.886. The van der Waals surface area contributed by atoms with Crippen LogP contribution in [0, 0.1) is 0 Å². The Morgan fingerprint density at radius 1 is 1.25 bits per heavy atom. The number of primary amides is 1. The quantitative estimate of drug-likeness (QED) is 0.741. The Kier molecular flexibility index (Phi) is 5.31. The molecule has 1 amide bonds. The van der Waals surface area contributed by atoms with Gasteiger partial charge in [-0.25, -0.2) is 4.79 Å². The van der Waals surface area contributed by atoms with E-state index in [-0.39, 0.29) is 12.6 Å². The summed E-state index contributed by atoms with van der Waals surface area (Å²) >= 11 is 0. The maximum Gasteiger partial charge on any atom is 0.404 e. The van der Waals surface area contributed by atoms with Gasteiger partial charge < -0.3 is 20.9 Å². The highest BCUT2D eigenvalue weighted by Crippen LogP contribution is 2.00. The molecule has 16 heavy (non-hydrogen) atoms. The number of hydrogen-bond acceptors (Lipinski definition) is 4. The standard InChI is InChI=1S/C11H16N2O3/c12-10(8-16-11(13)14)7-15-6-9-4-2-1-3-5-9/h1-5,10H,6-8,12H2,(H2,13,14)/t10-/m1/s1. The molecule has 0 spiro atoms. The number of rotatable bonds is 6. The fourth-order valence-electron chi connectivity index (χ4n) is 1.14. The van der Waals surface area contributed by atoms with E-state index in [1.54, 1.807) is 0 Å². The first kappa shape index (κ1) is 12.5. The van der Waals surface area contributed by atoms with Crippen LogP contribution in [0.5, 0.6) is 0 Å². The van der Waals surface area contributed by atoms with E-state index in [0.29, 0.717) is 13.2 Å². The Morgan fingerprint density at radius 3 is 2.56 bits per heavy atom. The van der Waals surface area contributed by atoms with Crippen molar-refractivity contribution in [1.82, 2.24) is 0 Å². The van der Waals surface area contributed by atoms with Gasteiger partial charge in [0.25, 0.3) is 0 Å². The number of carbonyl (C=O) groups excluding carboxylic acids is 1. The zero-order valence-electron chi connectivity index (χ0n) is 8.96. The van der Waals surface area contributed by atoms with Crippen molar-refractivity contribution in [1.29, 1.82) is 0 Å². The molecule has 1 atom stereocenters. The summed E-state index contributed by atoms with van der Waals surface area (Å²) < 4.78 is 9.90. The van der Waals surface area contributed by atoms with E-state index in [2.05, 4.69) is 4.74 Å². The molecular formula is C11H16N2O3. The van der Waals surface area contributed by atoms with Gasteiger partial charge in [-0.3, -0.25) is 0 Å². The molecule has 0 unspecified atom stereocenters. The summed E-state index contributed by atoms with van der Waals surface area (Å²) in [7, 11) is 0. The summed E-state index contributed by atoms with van der Waals surface area (Å²) in [4.78, 5) is 10.3. The van der Waals surface area contributed by atoms with Gasteiger partial charge in [0, 0.05) is 0 Å². The second-order valence-corrected chi connectivity index (χ2v) is 3.39. The number of nitrogens with two attached hydrogens (primary N) is 2. The van der Waals surface area contributed by atoms with Gasteiger partial charge >= 0.3 is 6.09 Å². The van der Waals surface area contributed by atoms with Crippen molar-refractivity contribution in [3.05, 3.63) is 35.9 Å². The Bertz CT molecular complexity index is 316. The topological polar surface area (TPSA) is 87.6 Å². The fraction of sp³-hybridized carbons (Fsp3) is 0.364. The van der Waals surface area contributed by atoms with E-state index in [4.69, 9.17) is 16.2 Å². The molecule has 0 saturated carbocycles. The maximum absolute atomic E-state index is 10.3. The lowest BCUT2D eigenvalue weighted by Crippen LogP contribution is -2.33. The van der Waals surface area contributed by atoms with Crippen molar-refractivity contribution in [2.45, 2.75) is 12.6 Å².